The van der Waals surface area contributed by atoms with E-state index in [4.69, 9.17) is 11.6 Å². The Morgan fingerprint density at radius 2 is 2.06 bits per heavy atom. The number of hydrogen-bond acceptors (Lipinski definition) is 4. The van der Waals surface area contributed by atoms with E-state index >= 15 is 0 Å². The van der Waals surface area contributed by atoms with Crippen LogP contribution >= 0.6 is 11.6 Å². The predicted octanol–water partition coefficient (Wildman–Crippen LogP) is 4.41. The molecule has 0 fully saturated rings. The molecule has 31 heavy (non-hydrogen) atoms. The van der Waals surface area contributed by atoms with Gasteiger partial charge in [0.25, 0.3) is 0 Å². The number of carbonyl (C=O) groups excluding carboxylic acids is 2. The smallest absolute Gasteiger partial charge is 0.199 e. The van der Waals surface area contributed by atoms with Crippen LogP contribution in [0.15, 0.2) is 61.2 Å². The lowest BCUT2D eigenvalue weighted by Crippen LogP contribution is -2.06. The molecule has 0 aliphatic heterocycles. The number of nitrogens with one attached hydrogen (secondary N) is 1. The molecule has 0 aliphatic rings. The maximum atomic E-state index is 14.4. The molecule has 0 amide bonds. The number of aromatic amines is 1. The van der Waals surface area contributed by atoms with E-state index in [-0.39, 0.29) is 34.0 Å². The van der Waals surface area contributed by atoms with Crippen molar-refractivity contribution in [1.29, 1.82) is 0 Å². The van der Waals surface area contributed by atoms with Gasteiger partial charge in [-0.25, -0.2) is 4.39 Å². The first-order valence-electron chi connectivity index (χ1n) is 9.54. The molecule has 0 atom stereocenters. The average Bonchev–Trinajstić information content (AvgIpc) is 3.42. The lowest BCUT2D eigenvalue weighted by molar-refractivity contribution is 0.0988. The topological polar surface area (TPSA) is 80.6 Å². The van der Waals surface area contributed by atoms with Gasteiger partial charge in [-0.05, 0) is 42.3 Å². The number of nitrogens with zero attached hydrogens (tertiary/aromatic N) is 3. The molecule has 1 aromatic carbocycles. The molecule has 0 spiro atoms. The number of H-pyrrole nitrogens is 1. The van der Waals surface area contributed by atoms with E-state index in [9.17, 15) is 14.0 Å². The Morgan fingerprint density at radius 1 is 1.23 bits per heavy atom. The lowest BCUT2D eigenvalue weighted by Gasteiger charge is -2.06. The number of hydrogen-bond donors (Lipinski definition) is 1. The van der Waals surface area contributed by atoms with E-state index in [2.05, 4.69) is 15.1 Å². The average molecular weight is 437 g/mol. The minimum Gasteiger partial charge on any atom is -0.358 e. The van der Waals surface area contributed by atoms with E-state index in [0.717, 1.165) is 11.3 Å². The molecule has 0 unspecified atom stereocenters. The van der Waals surface area contributed by atoms with Crippen molar-refractivity contribution in [2.24, 2.45) is 0 Å². The largest absolute Gasteiger partial charge is 0.358 e. The second-order valence-electron chi connectivity index (χ2n) is 7.15. The third kappa shape index (κ3) is 4.46. The molecule has 0 radical (unpaired) electrons. The van der Waals surface area contributed by atoms with Crippen molar-refractivity contribution >= 4 is 23.2 Å². The van der Waals surface area contributed by atoms with Crippen LogP contribution in [0.1, 0.15) is 43.2 Å². The molecule has 0 bridgehead atoms. The fourth-order valence-corrected chi connectivity index (χ4v) is 3.45. The Kier molecular flexibility index (Phi) is 5.77. The number of aromatic nitrogens is 4. The van der Waals surface area contributed by atoms with Crippen LogP contribution < -0.4 is 0 Å². The van der Waals surface area contributed by atoms with Gasteiger partial charge in [-0.3, -0.25) is 19.3 Å². The van der Waals surface area contributed by atoms with Crippen LogP contribution in [0, 0.1) is 12.7 Å². The number of benzene rings is 1. The third-order valence-corrected chi connectivity index (χ3v) is 5.17. The maximum Gasteiger partial charge on any atom is 0.199 e. The molecule has 1 N–H and O–H groups in total. The molecule has 0 saturated carbocycles. The summed E-state index contributed by atoms with van der Waals surface area (Å²) in [6.07, 6.45) is 6.61. The minimum atomic E-state index is -0.660. The van der Waals surface area contributed by atoms with E-state index in [1.54, 1.807) is 30.2 Å². The fraction of sp³-hybridized carbons (Fsp3) is 0.130. The quantitative estimate of drug-likeness (QED) is 0.435. The maximum absolute atomic E-state index is 14.4. The van der Waals surface area contributed by atoms with Gasteiger partial charge in [0.2, 0.25) is 0 Å². The number of rotatable bonds is 7. The Bertz CT molecular complexity index is 1260. The first kappa shape index (κ1) is 20.7. The monoisotopic (exact) mass is 436 g/mol. The van der Waals surface area contributed by atoms with Crippen LogP contribution in [0.5, 0.6) is 0 Å². The van der Waals surface area contributed by atoms with Gasteiger partial charge in [0.05, 0.1) is 34.7 Å². The SMILES string of the molecule is Cc1ccc(Cl)c(C(=O)c2c[nH]c(C(=O)Cc3cnn(Cc4ccccn4)c3)c2)c1F. The van der Waals surface area contributed by atoms with Gasteiger partial charge < -0.3 is 4.98 Å². The molecule has 0 aliphatic carbocycles. The van der Waals surface area contributed by atoms with Crippen molar-refractivity contribution in [1.82, 2.24) is 19.7 Å². The number of aryl methyl sites for hydroxylation is 1. The summed E-state index contributed by atoms with van der Waals surface area (Å²) in [6, 6.07) is 10.0. The first-order valence-corrected chi connectivity index (χ1v) is 9.92. The summed E-state index contributed by atoms with van der Waals surface area (Å²) in [7, 11) is 0. The van der Waals surface area contributed by atoms with Gasteiger partial charge in [-0.15, -0.1) is 0 Å². The van der Waals surface area contributed by atoms with Crippen molar-refractivity contribution in [3.63, 3.8) is 0 Å². The van der Waals surface area contributed by atoms with E-state index < -0.39 is 11.6 Å². The van der Waals surface area contributed by atoms with Gasteiger partial charge in [0, 0.05) is 30.6 Å². The fourth-order valence-electron chi connectivity index (χ4n) is 3.22. The van der Waals surface area contributed by atoms with Crippen molar-refractivity contribution in [2.45, 2.75) is 19.9 Å². The zero-order chi connectivity index (χ0) is 22.0. The molecule has 8 heteroatoms. The second-order valence-corrected chi connectivity index (χ2v) is 7.56. The molecular weight excluding hydrogens is 419 g/mol. The van der Waals surface area contributed by atoms with Crippen molar-refractivity contribution in [2.75, 3.05) is 0 Å². The molecule has 156 valence electrons. The Morgan fingerprint density at radius 3 is 2.84 bits per heavy atom. The first-order chi connectivity index (χ1) is 14.9. The number of ketones is 2. The zero-order valence-corrected chi connectivity index (χ0v) is 17.4. The van der Waals surface area contributed by atoms with Crippen LogP contribution in [0.4, 0.5) is 4.39 Å². The zero-order valence-electron chi connectivity index (χ0n) is 16.6. The minimum absolute atomic E-state index is 0.0301. The molecule has 6 nitrogen and oxygen atoms in total. The Hall–Kier alpha value is -3.58. The predicted molar refractivity (Wildman–Crippen MR) is 114 cm³/mol. The van der Waals surface area contributed by atoms with Crippen LogP contribution in [0.3, 0.4) is 0 Å². The van der Waals surface area contributed by atoms with Crippen molar-refractivity contribution in [3.8, 4) is 0 Å². The summed E-state index contributed by atoms with van der Waals surface area (Å²) in [6.45, 7) is 2.06. The van der Waals surface area contributed by atoms with Gasteiger partial charge in [-0.1, -0.05) is 23.7 Å². The van der Waals surface area contributed by atoms with Crippen molar-refractivity contribution < 1.29 is 14.0 Å². The second kappa shape index (κ2) is 8.65. The standard InChI is InChI=1S/C23H18ClFN4O2/c1-14-5-6-18(24)21(22(14)25)23(31)16-9-19(27-11-16)20(30)8-15-10-28-29(12-15)13-17-4-2-3-7-26-17/h2-7,9-12,27H,8,13H2,1H3. The number of halogens is 2. The lowest BCUT2D eigenvalue weighted by atomic mass is 10.0. The van der Waals surface area contributed by atoms with Gasteiger partial charge in [0.15, 0.2) is 11.6 Å². The van der Waals surface area contributed by atoms with Gasteiger partial charge in [0.1, 0.15) is 5.82 Å². The van der Waals surface area contributed by atoms with Crippen LogP contribution in [0.25, 0.3) is 0 Å². The molecule has 3 aromatic heterocycles. The highest BCUT2D eigenvalue weighted by Gasteiger charge is 2.21. The van der Waals surface area contributed by atoms with E-state index in [0.29, 0.717) is 12.1 Å². The van der Waals surface area contributed by atoms with Crippen LogP contribution in [-0.2, 0) is 13.0 Å². The van der Waals surface area contributed by atoms with Crippen LogP contribution in [0.2, 0.25) is 5.02 Å². The van der Waals surface area contributed by atoms with E-state index in [1.807, 2.05) is 18.2 Å². The summed E-state index contributed by atoms with van der Waals surface area (Å²) >= 11 is 6.03. The molecule has 4 aromatic rings. The summed E-state index contributed by atoms with van der Waals surface area (Å²) in [5, 5.41) is 4.29. The van der Waals surface area contributed by atoms with Gasteiger partial charge >= 0.3 is 0 Å². The molecule has 4 rings (SSSR count). The van der Waals surface area contributed by atoms with Crippen LogP contribution in [-0.4, -0.2) is 31.3 Å². The molecule has 3 heterocycles. The highest BCUT2D eigenvalue weighted by Crippen LogP contribution is 2.25. The highest BCUT2D eigenvalue weighted by atomic mass is 35.5. The normalized spacial score (nSPS) is 10.9. The molecule has 0 saturated heterocycles. The summed E-state index contributed by atoms with van der Waals surface area (Å²) in [5.74, 6) is -1.45. The molecular formula is C23H18ClFN4O2. The summed E-state index contributed by atoms with van der Waals surface area (Å²) in [4.78, 5) is 32.4. The third-order valence-electron chi connectivity index (χ3n) is 4.86. The van der Waals surface area contributed by atoms with Crippen molar-refractivity contribution in [3.05, 3.63) is 106 Å². The van der Waals surface area contributed by atoms with Gasteiger partial charge in [-0.2, -0.15) is 5.10 Å². The number of Topliss-reactive ketones (excluding diaryl/α,β-unsaturated/α-hetero) is 1. The highest BCUT2D eigenvalue weighted by molar-refractivity contribution is 6.35. The van der Waals surface area contributed by atoms with E-state index in [1.165, 1.54) is 24.4 Å². The summed E-state index contributed by atoms with van der Waals surface area (Å²) in [5.41, 5.74) is 2.14. The Labute approximate surface area is 182 Å². The number of pyridine rings is 1. The summed E-state index contributed by atoms with van der Waals surface area (Å²) < 4.78 is 16.1. The Balaban J connectivity index is 1.47. The number of carbonyl (C=O) groups is 2.